The fourth-order valence-corrected chi connectivity index (χ4v) is 4.94. The van der Waals surface area contributed by atoms with E-state index in [1.54, 1.807) is 85.2 Å². The van der Waals surface area contributed by atoms with Crippen LogP contribution in [-0.2, 0) is 20.9 Å². The summed E-state index contributed by atoms with van der Waals surface area (Å²) in [6.45, 7) is -0.415. The van der Waals surface area contributed by atoms with Crippen LogP contribution in [0.1, 0.15) is 27.5 Å². The number of halogens is 1. The van der Waals surface area contributed by atoms with Crippen LogP contribution in [0.4, 0.5) is 17.1 Å². The molecule has 5 rings (SSSR count). The zero-order valence-corrected chi connectivity index (χ0v) is 23.8. The van der Waals surface area contributed by atoms with Crippen molar-refractivity contribution in [2.24, 2.45) is 0 Å². The molecule has 9 nitrogen and oxygen atoms in total. The molecule has 0 radical (unpaired) electrons. The number of nitrogens with one attached hydrogen (secondary N) is 1. The lowest BCUT2D eigenvalue weighted by molar-refractivity contribution is -0.139. The Morgan fingerprint density at radius 2 is 1.64 bits per heavy atom. The lowest BCUT2D eigenvalue weighted by Gasteiger charge is -2.33. The third-order valence-electron chi connectivity index (χ3n) is 6.97. The molecule has 212 valence electrons. The monoisotopic (exact) mass is 581 g/mol. The minimum Gasteiger partial charge on any atom is -0.378 e. The molecule has 2 heterocycles. The Hall–Kier alpha value is -5.02. The van der Waals surface area contributed by atoms with E-state index in [-0.39, 0.29) is 12.1 Å². The van der Waals surface area contributed by atoms with Gasteiger partial charge in [-0.2, -0.15) is 0 Å². The molecule has 1 N–H and O–H groups in total. The highest BCUT2D eigenvalue weighted by Gasteiger charge is 2.39. The molecule has 4 aromatic rings. The van der Waals surface area contributed by atoms with Crippen molar-refractivity contribution in [3.63, 3.8) is 0 Å². The summed E-state index contributed by atoms with van der Waals surface area (Å²) in [6.07, 6.45) is 3.22. The van der Waals surface area contributed by atoms with E-state index in [0.717, 1.165) is 10.6 Å². The summed E-state index contributed by atoms with van der Waals surface area (Å²) in [5.74, 6) is -2.46. The number of aromatic nitrogens is 1. The second-order valence-corrected chi connectivity index (χ2v) is 10.4. The van der Waals surface area contributed by atoms with Gasteiger partial charge >= 0.3 is 0 Å². The molecule has 1 aromatic heterocycles. The van der Waals surface area contributed by atoms with Crippen LogP contribution in [0.25, 0.3) is 0 Å². The van der Waals surface area contributed by atoms with Crippen molar-refractivity contribution in [2.45, 2.75) is 12.6 Å². The number of amides is 3. The molecule has 42 heavy (non-hydrogen) atoms. The van der Waals surface area contributed by atoms with Crippen LogP contribution in [0, 0.1) is 0 Å². The van der Waals surface area contributed by atoms with Crippen LogP contribution in [0.3, 0.4) is 0 Å². The van der Waals surface area contributed by atoms with Crippen molar-refractivity contribution in [3.05, 3.63) is 119 Å². The summed E-state index contributed by atoms with van der Waals surface area (Å²) < 4.78 is 0. The van der Waals surface area contributed by atoms with Gasteiger partial charge in [-0.15, -0.1) is 0 Å². The Morgan fingerprint density at radius 3 is 2.31 bits per heavy atom. The number of hydrogen-bond donors (Lipinski definition) is 1. The maximum Gasteiger partial charge on any atom is 0.299 e. The molecule has 1 aliphatic heterocycles. The topological polar surface area (TPSA) is 103 Å². The Kier molecular flexibility index (Phi) is 8.31. The van der Waals surface area contributed by atoms with Crippen molar-refractivity contribution in [3.8, 4) is 0 Å². The maximum absolute atomic E-state index is 14.1. The molecule has 10 heteroatoms. The van der Waals surface area contributed by atoms with Gasteiger partial charge in [0.1, 0.15) is 12.6 Å². The highest BCUT2D eigenvalue weighted by Crippen LogP contribution is 2.31. The molecular formula is C32H28ClN5O4. The Labute approximate surface area is 248 Å². The van der Waals surface area contributed by atoms with Crippen LogP contribution < -0.4 is 15.1 Å². The number of nitrogens with zero attached hydrogens (tertiary/aromatic N) is 4. The summed E-state index contributed by atoms with van der Waals surface area (Å²) >= 11 is 6.16. The van der Waals surface area contributed by atoms with Crippen LogP contribution in [-0.4, -0.2) is 54.0 Å². The van der Waals surface area contributed by atoms with Gasteiger partial charge in [-0.3, -0.25) is 29.1 Å². The summed E-state index contributed by atoms with van der Waals surface area (Å²) in [7, 11) is 3.84. The SMILES string of the molecule is CN(C)c1ccc(NC(=O)[C@H](c2ccc(Cl)cc2)N(Cc2cccnc2)C(=O)CN2C(=O)C(=O)c3ccccc32)cc1. The third-order valence-corrected chi connectivity index (χ3v) is 7.22. The molecule has 3 aromatic carbocycles. The van der Waals surface area contributed by atoms with Crippen LogP contribution in [0.2, 0.25) is 5.02 Å². The minimum atomic E-state index is -1.10. The lowest BCUT2D eigenvalue weighted by Crippen LogP contribution is -2.46. The number of fused-ring (bicyclic) bond motifs is 1. The number of hydrogen-bond acceptors (Lipinski definition) is 6. The number of carbonyl (C=O) groups is 4. The fourth-order valence-electron chi connectivity index (χ4n) is 4.81. The first kappa shape index (κ1) is 28.5. The molecule has 0 saturated carbocycles. The largest absolute Gasteiger partial charge is 0.378 e. The second-order valence-electron chi connectivity index (χ2n) is 10.0. The smallest absolute Gasteiger partial charge is 0.299 e. The highest BCUT2D eigenvalue weighted by atomic mass is 35.5. The molecule has 0 unspecified atom stereocenters. The van der Waals surface area contributed by atoms with Crippen molar-refractivity contribution in [1.82, 2.24) is 9.88 Å². The molecular weight excluding hydrogens is 554 g/mol. The van der Waals surface area contributed by atoms with Gasteiger partial charge in [0.2, 0.25) is 5.91 Å². The molecule has 0 spiro atoms. The van der Waals surface area contributed by atoms with Crippen molar-refractivity contribution < 1.29 is 19.2 Å². The van der Waals surface area contributed by atoms with Gasteiger partial charge in [-0.05, 0) is 65.7 Å². The number of Topliss-reactive ketones (excluding diaryl/α,β-unsaturated/α-hetero) is 1. The number of anilines is 3. The van der Waals surface area contributed by atoms with Gasteiger partial charge in [-0.25, -0.2) is 0 Å². The Bertz CT molecular complexity index is 1630. The lowest BCUT2D eigenvalue weighted by atomic mass is 10.0. The highest BCUT2D eigenvalue weighted by molar-refractivity contribution is 6.52. The molecule has 0 fully saturated rings. The quantitative estimate of drug-likeness (QED) is 0.287. The van der Waals surface area contributed by atoms with Crippen molar-refractivity contribution >= 4 is 52.2 Å². The van der Waals surface area contributed by atoms with E-state index >= 15 is 0 Å². The first-order valence-corrected chi connectivity index (χ1v) is 13.6. The van der Waals surface area contributed by atoms with Gasteiger partial charge < -0.3 is 15.1 Å². The molecule has 0 bridgehead atoms. The van der Waals surface area contributed by atoms with E-state index < -0.39 is 36.1 Å². The van der Waals surface area contributed by atoms with Gasteiger partial charge in [0.25, 0.3) is 17.6 Å². The van der Waals surface area contributed by atoms with Crippen LogP contribution >= 0.6 is 11.6 Å². The molecule has 1 aliphatic rings. The van der Waals surface area contributed by atoms with Crippen molar-refractivity contribution in [1.29, 1.82) is 0 Å². The summed E-state index contributed by atoms with van der Waals surface area (Å²) in [6, 6.07) is 22.9. The van der Waals surface area contributed by atoms with Gasteiger partial charge in [0.15, 0.2) is 0 Å². The summed E-state index contributed by atoms with van der Waals surface area (Å²) in [4.78, 5) is 62.3. The van der Waals surface area contributed by atoms with E-state index in [9.17, 15) is 19.2 Å². The average molecular weight is 582 g/mol. The molecule has 1 atom stereocenters. The first-order valence-electron chi connectivity index (χ1n) is 13.2. The van der Waals surface area contributed by atoms with Crippen LogP contribution in [0.5, 0.6) is 0 Å². The average Bonchev–Trinajstić information content (AvgIpc) is 3.23. The summed E-state index contributed by atoms with van der Waals surface area (Å²) in [5, 5.41) is 3.41. The number of benzene rings is 3. The maximum atomic E-state index is 14.1. The zero-order chi connectivity index (χ0) is 29.8. The number of pyridine rings is 1. The van der Waals surface area contributed by atoms with Gasteiger partial charge in [-0.1, -0.05) is 41.9 Å². The summed E-state index contributed by atoms with van der Waals surface area (Å²) in [5.41, 5.74) is 3.30. The molecule has 3 amide bonds. The number of rotatable bonds is 9. The minimum absolute atomic E-state index is 0.0184. The first-order chi connectivity index (χ1) is 20.2. The molecule has 0 aliphatic carbocycles. The normalized spacial score (nSPS) is 13.0. The predicted octanol–water partition coefficient (Wildman–Crippen LogP) is 4.74. The van der Waals surface area contributed by atoms with E-state index in [2.05, 4.69) is 10.3 Å². The van der Waals surface area contributed by atoms with E-state index in [4.69, 9.17) is 11.6 Å². The Balaban J connectivity index is 1.52. The molecule has 0 saturated heterocycles. The standard InChI is InChI=1S/C32H28ClN5O4/c1-36(2)25-15-13-24(14-16-25)35-31(41)29(22-9-11-23(33)12-10-22)38(19-21-6-5-17-34-18-21)28(39)20-37-27-8-4-3-7-26(27)30(40)32(37)42/h3-18,29H,19-20H2,1-2H3,(H,35,41)/t29-/m0/s1. The number of carbonyl (C=O) groups excluding carboxylic acids is 4. The zero-order valence-electron chi connectivity index (χ0n) is 23.0. The number of para-hydroxylation sites is 1. The van der Waals surface area contributed by atoms with Gasteiger partial charge in [0.05, 0.1) is 11.3 Å². The predicted molar refractivity (Wildman–Crippen MR) is 162 cm³/mol. The van der Waals surface area contributed by atoms with E-state index in [0.29, 0.717) is 27.5 Å². The second kappa shape index (κ2) is 12.2. The third kappa shape index (κ3) is 6.01. The number of ketones is 1. The van der Waals surface area contributed by atoms with Crippen molar-refractivity contribution in [2.75, 3.05) is 35.8 Å². The Morgan fingerprint density at radius 1 is 0.929 bits per heavy atom. The van der Waals surface area contributed by atoms with Crippen LogP contribution in [0.15, 0.2) is 97.3 Å². The fraction of sp³-hybridized carbons (Fsp3) is 0.156. The van der Waals surface area contributed by atoms with Gasteiger partial charge in [0, 0.05) is 49.4 Å². The van der Waals surface area contributed by atoms with E-state index in [1.807, 2.05) is 31.1 Å². The van der Waals surface area contributed by atoms with E-state index in [1.165, 1.54) is 4.90 Å².